The second-order valence-corrected chi connectivity index (χ2v) is 4.93. The van der Waals surface area contributed by atoms with Gasteiger partial charge in [0, 0.05) is 30.1 Å². The van der Waals surface area contributed by atoms with Crippen LogP contribution in [-0.4, -0.2) is 14.5 Å². The van der Waals surface area contributed by atoms with E-state index in [1.807, 2.05) is 34.9 Å². The Hall–Kier alpha value is -2.62. The van der Waals surface area contributed by atoms with E-state index in [0.717, 1.165) is 34.4 Å². The molecule has 106 valence electrons. The Morgan fingerprint density at radius 2 is 2.19 bits per heavy atom. The minimum absolute atomic E-state index is 0.678. The standard InChI is InChI=1S/C17H18N4/c1-3-10-21-15(4-2)20-16(17(21)18)13-7-8-14-12(11-13)6-5-9-19-14/h3,5-9,11H,1,4,10,18H2,2H3. The highest BCUT2D eigenvalue weighted by molar-refractivity contribution is 5.85. The van der Waals surface area contributed by atoms with Crippen LogP contribution >= 0.6 is 0 Å². The summed E-state index contributed by atoms with van der Waals surface area (Å²) >= 11 is 0. The van der Waals surface area contributed by atoms with Crippen LogP contribution in [0.4, 0.5) is 5.82 Å². The quantitative estimate of drug-likeness (QED) is 0.744. The molecular formula is C17H18N4. The van der Waals surface area contributed by atoms with Crippen LogP contribution in [0.15, 0.2) is 49.2 Å². The van der Waals surface area contributed by atoms with Gasteiger partial charge in [-0.3, -0.25) is 4.98 Å². The summed E-state index contributed by atoms with van der Waals surface area (Å²) < 4.78 is 2.01. The summed E-state index contributed by atoms with van der Waals surface area (Å²) in [6, 6.07) is 10.1. The molecule has 0 fully saturated rings. The number of hydrogen-bond acceptors (Lipinski definition) is 3. The van der Waals surface area contributed by atoms with Crippen LogP contribution in [0.5, 0.6) is 0 Å². The lowest BCUT2D eigenvalue weighted by atomic mass is 10.1. The highest BCUT2D eigenvalue weighted by Gasteiger charge is 2.14. The fourth-order valence-corrected chi connectivity index (χ4v) is 2.55. The van der Waals surface area contributed by atoms with E-state index < -0.39 is 0 Å². The summed E-state index contributed by atoms with van der Waals surface area (Å²) in [5.74, 6) is 1.67. The first-order valence-electron chi connectivity index (χ1n) is 7.05. The molecule has 0 aliphatic heterocycles. The number of hydrogen-bond donors (Lipinski definition) is 1. The van der Waals surface area contributed by atoms with Gasteiger partial charge in [-0.05, 0) is 18.2 Å². The van der Waals surface area contributed by atoms with Gasteiger partial charge >= 0.3 is 0 Å². The van der Waals surface area contributed by atoms with Gasteiger partial charge in [0.25, 0.3) is 0 Å². The third-order valence-corrected chi connectivity index (χ3v) is 3.59. The molecule has 0 saturated carbocycles. The minimum atomic E-state index is 0.678. The van der Waals surface area contributed by atoms with Gasteiger partial charge in [-0.2, -0.15) is 0 Å². The number of fused-ring (bicyclic) bond motifs is 1. The zero-order chi connectivity index (χ0) is 14.8. The number of nitrogens with two attached hydrogens (primary N) is 1. The summed E-state index contributed by atoms with van der Waals surface area (Å²) in [5.41, 5.74) is 9.10. The molecule has 0 atom stereocenters. The smallest absolute Gasteiger partial charge is 0.132 e. The number of rotatable bonds is 4. The maximum Gasteiger partial charge on any atom is 0.132 e. The predicted octanol–water partition coefficient (Wildman–Crippen LogP) is 3.43. The Bertz CT molecular complexity index is 802. The summed E-state index contributed by atoms with van der Waals surface area (Å²) in [6.45, 7) is 6.54. The number of imidazole rings is 1. The fourth-order valence-electron chi connectivity index (χ4n) is 2.55. The van der Waals surface area contributed by atoms with Crippen molar-refractivity contribution in [1.82, 2.24) is 14.5 Å². The average molecular weight is 278 g/mol. The van der Waals surface area contributed by atoms with Crippen molar-refractivity contribution in [3.63, 3.8) is 0 Å². The van der Waals surface area contributed by atoms with Gasteiger partial charge in [-0.25, -0.2) is 4.98 Å². The van der Waals surface area contributed by atoms with Crippen LogP contribution < -0.4 is 5.73 Å². The topological polar surface area (TPSA) is 56.7 Å². The molecule has 1 aromatic carbocycles. The SMILES string of the molecule is C=CCn1c(CC)nc(-c2ccc3ncccc3c2)c1N. The summed E-state index contributed by atoms with van der Waals surface area (Å²) in [7, 11) is 0. The lowest BCUT2D eigenvalue weighted by Crippen LogP contribution is -2.05. The third kappa shape index (κ3) is 2.29. The van der Waals surface area contributed by atoms with Crippen molar-refractivity contribution in [1.29, 1.82) is 0 Å². The number of pyridine rings is 1. The Kier molecular flexibility index (Phi) is 3.44. The molecule has 3 rings (SSSR count). The molecule has 0 amide bonds. The molecule has 2 N–H and O–H groups in total. The van der Waals surface area contributed by atoms with Gasteiger partial charge < -0.3 is 10.3 Å². The van der Waals surface area contributed by atoms with E-state index in [0.29, 0.717) is 12.4 Å². The average Bonchev–Trinajstić information content (AvgIpc) is 2.84. The van der Waals surface area contributed by atoms with E-state index in [1.165, 1.54) is 0 Å². The van der Waals surface area contributed by atoms with Crippen molar-refractivity contribution in [3.8, 4) is 11.3 Å². The monoisotopic (exact) mass is 278 g/mol. The fraction of sp³-hybridized carbons (Fsp3) is 0.176. The number of aryl methyl sites for hydroxylation is 1. The van der Waals surface area contributed by atoms with Crippen molar-refractivity contribution in [2.75, 3.05) is 5.73 Å². The van der Waals surface area contributed by atoms with E-state index in [2.05, 4.69) is 24.6 Å². The minimum Gasteiger partial charge on any atom is -0.383 e. The molecule has 2 heterocycles. The van der Waals surface area contributed by atoms with E-state index in [9.17, 15) is 0 Å². The molecule has 0 spiro atoms. The van der Waals surface area contributed by atoms with Crippen LogP contribution in [0, 0.1) is 0 Å². The highest BCUT2D eigenvalue weighted by atomic mass is 15.1. The van der Waals surface area contributed by atoms with Crippen molar-refractivity contribution < 1.29 is 0 Å². The summed E-state index contributed by atoms with van der Waals surface area (Å²) in [4.78, 5) is 9.03. The van der Waals surface area contributed by atoms with E-state index in [-0.39, 0.29) is 0 Å². The zero-order valence-electron chi connectivity index (χ0n) is 12.1. The number of anilines is 1. The van der Waals surface area contributed by atoms with Crippen LogP contribution in [0.2, 0.25) is 0 Å². The first-order chi connectivity index (χ1) is 10.2. The van der Waals surface area contributed by atoms with Crippen molar-refractivity contribution in [3.05, 3.63) is 55.0 Å². The van der Waals surface area contributed by atoms with Gasteiger partial charge in [0.1, 0.15) is 17.3 Å². The van der Waals surface area contributed by atoms with Gasteiger partial charge in [-0.15, -0.1) is 6.58 Å². The van der Waals surface area contributed by atoms with E-state index >= 15 is 0 Å². The molecule has 0 radical (unpaired) electrons. The largest absolute Gasteiger partial charge is 0.383 e. The van der Waals surface area contributed by atoms with Gasteiger partial charge in [0.2, 0.25) is 0 Å². The van der Waals surface area contributed by atoms with Crippen molar-refractivity contribution in [2.24, 2.45) is 0 Å². The molecule has 4 heteroatoms. The van der Waals surface area contributed by atoms with Crippen molar-refractivity contribution >= 4 is 16.7 Å². The maximum atomic E-state index is 6.28. The van der Waals surface area contributed by atoms with Crippen LogP contribution in [-0.2, 0) is 13.0 Å². The number of allylic oxidation sites excluding steroid dienone is 1. The predicted molar refractivity (Wildman–Crippen MR) is 87.0 cm³/mol. The number of nitrogen functional groups attached to an aromatic ring is 1. The Labute approximate surface area is 124 Å². The third-order valence-electron chi connectivity index (χ3n) is 3.59. The first-order valence-corrected chi connectivity index (χ1v) is 7.05. The summed E-state index contributed by atoms with van der Waals surface area (Å²) in [6.07, 6.45) is 4.48. The van der Waals surface area contributed by atoms with Gasteiger partial charge in [-0.1, -0.05) is 25.1 Å². The second-order valence-electron chi connectivity index (χ2n) is 4.93. The zero-order valence-corrected chi connectivity index (χ0v) is 12.1. The van der Waals surface area contributed by atoms with Crippen LogP contribution in [0.1, 0.15) is 12.7 Å². The Morgan fingerprint density at radius 3 is 2.95 bits per heavy atom. The number of aromatic nitrogens is 3. The van der Waals surface area contributed by atoms with Crippen molar-refractivity contribution in [2.45, 2.75) is 19.9 Å². The lowest BCUT2D eigenvalue weighted by Gasteiger charge is -2.05. The lowest BCUT2D eigenvalue weighted by molar-refractivity contribution is 0.757. The molecule has 0 unspecified atom stereocenters. The maximum absolute atomic E-state index is 6.28. The second kappa shape index (κ2) is 5.40. The van der Waals surface area contributed by atoms with Crippen LogP contribution in [0.25, 0.3) is 22.2 Å². The molecule has 0 saturated heterocycles. The first kappa shape index (κ1) is 13.4. The van der Waals surface area contributed by atoms with Gasteiger partial charge in [0.15, 0.2) is 0 Å². The molecule has 4 nitrogen and oxygen atoms in total. The Morgan fingerprint density at radius 1 is 1.33 bits per heavy atom. The summed E-state index contributed by atoms with van der Waals surface area (Å²) in [5, 5.41) is 1.09. The van der Waals surface area contributed by atoms with Crippen LogP contribution in [0.3, 0.4) is 0 Å². The van der Waals surface area contributed by atoms with Gasteiger partial charge in [0.05, 0.1) is 5.52 Å². The molecule has 3 aromatic rings. The highest BCUT2D eigenvalue weighted by Crippen LogP contribution is 2.28. The number of nitrogens with zero attached hydrogens (tertiary/aromatic N) is 3. The van der Waals surface area contributed by atoms with E-state index in [4.69, 9.17) is 10.7 Å². The molecule has 0 aliphatic carbocycles. The van der Waals surface area contributed by atoms with E-state index in [1.54, 1.807) is 6.20 Å². The Balaban J connectivity index is 2.15. The number of benzene rings is 1. The normalized spacial score (nSPS) is 10.9. The molecule has 2 aromatic heterocycles. The molecule has 0 bridgehead atoms. The molecular weight excluding hydrogens is 260 g/mol. The molecule has 0 aliphatic rings. The molecule has 21 heavy (non-hydrogen) atoms.